The number of nitrogen functional groups attached to an aromatic ring is 2. The van der Waals surface area contributed by atoms with Gasteiger partial charge in [-0.3, -0.25) is 0 Å². The van der Waals surface area contributed by atoms with Crippen molar-refractivity contribution in [2.75, 3.05) is 11.5 Å². The number of anilines is 2. The first-order valence-electron chi connectivity index (χ1n) is 6.68. The van der Waals surface area contributed by atoms with E-state index in [0.717, 1.165) is 34.3 Å². The van der Waals surface area contributed by atoms with E-state index in [1.54, 1.807) is 0 Å². The molecule has 0 bridgehead atoms. The summed E-state index contributed by atoms with van der Waals surface area (Å²) < 4.78 is 0. The van der Waals surface area contributed by atoms with Crippen LogP contribution in [0.4, 0.5) is 11.8 Å². The molecule has 0 aliphatic rings. The third-order valence-corrected chi connectivity index (χ3v) is 3.70. The summed E-state index contributed by atoms with van der Waals surface area (Å²) in [6.45, 7) is 0. The maximum atomic E-state index is 6.00. The quantitative estimate of drug-likeness (QED) is 0.778. The van der Waals surface area contributed by atoms with Gasteiger partial charge >= 0.3 is 0 Å². The molecular formula is C16H15ClN4. The third kappa shape index (κ3) is 2.90. The van der Waals surface area contributed by atoms with Crippen molar-refractivity contribution >= 4 is 34.3 Å². The Morgan fingerprint density at radius 2 is 1.67 bits per heavy atom. The molecule has 1 aromatic heterocycles. The van der Waals surface area contributed by atoms with E-state index in [9.17, 15) is 0 Å². The lowest BCUT2D eigenvalue weighted by Gasteiger charge is -2.09. The van der Waals surface area contributed by atoms with Crippen molar-refractivity contribution < 1.29 is 0 Å². The van der Waals surface area contributed by atoms with Crippen molar-refractivity contribution in [3.63, 3.8) is 0 Å². The number of hydrogen-bond donors (Lipinski definition) is 2. The third-order valence-electron chi connectivity index (χ3n) is 3.45. The highest BCUT2D eigenvalue weighted by Crippen LogP contribution is 2.24. The molecule has 3 aromatic rings. The average Bonchev–Trinajstić information content (AvgIpc) is 2.46. The maximum absolute atomic E-state index is 6.00. The Hall–Kier alpha value is -2.33. The number of aryl methyl sites for hydroxylation is 2. The highest BCUT2D eigenvalue weighted by molar-refractivity contribution is 6.30. The molecule has 21 heavy (non-hydrogen) atoms. The van der Waals surface area contributed by atoms with Gasteiger partial charge in [0.2, 0.25) is 5.95 Å². The monoisotopic (exact) mass is 298 g/mol. The smallest absolute Gasteiger partial charge is 0.222 e. The number of halogens is 1. The van der Waals surface area contributed by atoms with E-state index in [1.165, 1.54) is 5.56 Å². The van der Waals surface area contributed by atoms with Gasteiger partial charge in [0.1, 0.15) is 5.82 Å². The highest BCUT2D eigenvalue weighted by atomic mass is 35.5. The van der Waals surface area contributed by atoms with E-state index >= 15 is 0 Å². The minimum atomic E-state index is 0.204. The Morgan fingerprint density at radius 1 is 0.905 bits per heavy atom. The molecule has 4 nitrogen and oxygen atoms in total. The molecule has 106 valence electrons. The molecule has 0 radical (unpaired) electrons. The number of hydrogen-bond acceptors (Lipinski definition) is 4. The van der Waals surface area contributed by atoms with Crippen LogP contribution < -0.4 is 11.5 Å². The number of nitrogens with two attached hydrogens (primary N) is 2. The Balaban J connectivity index is 1.92. The van der Waals surface area contributed by atoms with Crippen LogP contribution in [-0.4, -0.2) is 9.97 Å². The van der Waals surface area contributed by atoms with Crippen LogP contribution in [0.3, 0.4) is 0 Å². The van der Waals surface area contributed by atoms with Gasteiger partial charge in [-0.2, -0.15) is 4.98 Å². The number of benzene rings is 2. The second kappa shape index (κ2) is 5.58. The van der Waals surface area contributed by atoms with Gasteiger partial charge in [-0.15, -0.1) is 0 Å². The molecule has 0 atom stereocenters. The van der Waals surface area contributed by atoms with E-state index < -0.39 is 0 Å². The molecule has 0 saturated heterocycles. The lowest BCUT2D eigenvalue weighted by atomic mass is 10.0. The van der Waals surface area contributed by atoms with E-state index in [2.05, 4.69) is 9.97 Å². The molecule has 4 N–H and O–H groups in total. The van der Waals surface area contributed by atoms with Crippen LogP contribution in [0.25, 0.3) is 10.9 Å². The Kier molecular flexibility index (Phi) is 3.62. The van der Waals surface area contributed by atoms with E-state index in [-0.39, 0.29) is 5.95 Å². The molecule has 0 aliphatic carbocycles. The summed E-state index contributed by atoms with van der Waals surface area (Å²) >= 11 is 5.90. The number of fused-ring (bicyclic) bond motifs is 1. The van der Waals surface area contributed by atoms with Crippen molar-refractivity contribution in [3.8, 4) is 0 Å². The summed E-state index contributed by atoms with van der Waals surface area (Å²) in [7, 11) is 0. The van der Waals surface area contributed by atoms with Crippen molar-refractivity contribution in [3.05, 3.63) is 58.6 Å². The van der Waals surface area contributed by atoms with Gasteiger partial charge in [-0.1, -0.05) is 35.9 Å². The molecule has 0 amide bonds. The van der Waals surface area contributed by atoms with Gasteiger partial charge in [0.25, 0.3) is 0 Å². The Morgan fingerprint density at radius 3 is 2.43 bits per heavy atom. The van der Waals surface area contributed by atoms with E-state index in [4.69, 9.17) is 23.1 Å². The van der Waals surface area contributed by atoms with Gasteiger partial charge in [0.15, 0.2) is 0 Å². The Labute approximate surface area is 127 Å². The maximum Gasteiger partial charge on any atom is 0.222 e. The predicted molar refractivity (Wildman–Crippen MR) is 87.2 cm³/mol. The zero-order chi connectivity index (χ0) is 14.8. The second-order valence-electron chi connectivity index (χ2n) is 4.90. The van der Waals surface area contributed by atoms with Crippen LogP contribution in [0.2, 0.25) is 5.02 Å². The number of rotatable bonds is 3. The summed E-state index contributed by atoms with van der Waals surface area (Å²) in [6, 6.07) is 13.8. The fourth-order valence-electron chi connectivity index (χ4n) is 2.44. The molecule has 3 rings (SSSR count). The fourth-order valence-corrected chi connectivity index (χ4v) is 2.57. The Bertz CT molecular complexity index is 784. The molecule has 0 saturated carbocycles. The SMILES string of the molecule is Nc1nc(N)c2c(CCc3ccc(Cl)cc3)cccc2n1. The van der Waals surface area contributed by atoms with Crippen LogP contribution in [-0.2, 0) is 12.8 Å². The van der Waals surface area contributed by atoms with Gasteiger partial charge in [0.05, 0.1) is 5.52 Å². The van der Waals surface area contributed by atoms with Crippen LogP contribution in [0, 0.1) is 0 Å². The lowest BCUT2D eigenvalue weighted by molar-refractivity contribution is 0.968. The van der Waals surface area contributed by atoms with Crippen LogP contribution in [0.5, 0.6) is 0 Å². The van der Waals surface area contributed by atoms with Crippen LogP contribution in [0.1, 0.15) is 11.1 Å². The normalized spacial score (nSPS) is 10.9. The summed E-state index contributed by atoms with van der Waals surface area (Å²) in [5, 5.41) is 1.64. The van der Waals surface area contributed by atoms with Crippen LogP contribution >= 0.6 is 11.6 Å². The highest BCUT2D eigenvalue weighted by Gasteiger charge is 2.08. The summed E-state index contributed by atoms with van der Waals surface area (Å²) in [5.74, 6) is 0.638. The average molecular weight is 299 g/mol. The minimum absolute atomic E-state index is 0.204. The molecule has 1 heterocycles. The van der Waals surface area contributed by atoms with Gasteiger partial charge < -0.3 is 11.5 Å². The van der Waals surface area contributed by atoms with Crippen molar-refractivity contribution in [2.24, 2.45) is 0 Å². The summed E-state index contributed by atoms with van der Waals surface area (Å²) in [4.78, 5) is 8.29. The molecule has 2 aromatic carbocycles. The largest absolute Gasteiger partial charge is 0.383 e. The van der Waals surface area contributed by atoms with Crippen molar-refractivity contribution in [1.29, 1.82) is 0 Å². The number of aromatic nitrogens is 2. The van der Waals surface area contributed by atoms with E-state index in [1.807, 2.05) is 42.5 Å². The number of nitrogens with zero attached hydrogens (tertiary/aromatic N) is 2. The zero-order valence-corrected chi connectivity index (χ0v) is 12.1. The first-order valence-corrected chi connectivity index (χ1v) is 7.06. The van der Waals surface area contributed by atoms with Crippen LogP contribution in [0.15, 0.2) is 42.5 Å². The first kappa shape index (κ1) is 13.6. The minimum Gasteiger partial charge on any atom is -0.383 e. The summed E-state index contributed by atoms with van der Waals surface area (Å²) in [6.07, 6.45) is 1.76. The molecule has 0 unspecified atom stereocenters. The second-order valence-corrected chi connectivity index (χ2v) is 5.34. The summed E-state index contributed by atoms with van der Waals surface area (Å²) in [5.41, 5.74) is 14.8. The molecule has 0 spiro atoms. The molecule has 0 aliphatic heterocycles. The first-order chi connectivity index (χ1) is 10.1. The fraction of sp³-hybridized carbons (Fsp3) is 0.125. The van der Waals surface area contributed by atoms with Gasteiger partial charge in [0, 0.05) is 10.4 Å². The lowest BCUT2D eigenvalue weighted by Crippen LogP contribution is -2.03. The van der Waals surface area contributed by atoms with Crippen molar-refractivity contribution in [2.45, 2.75) is 12.8 Å². The topological polar surface area (TPSA) is 77.8 Å². The van der Waals surface area contributed by atoms with Gasteiger partial charge in [-0.25, -0.2) is 4.98 Å². The molecular weight excluding hydrogens is 284 g/mol. The zero-order valence-electron chi connectivity index (χ0n) is 11.4. The van der Waals surface area contributed by atoms with E-state index in [0.29, 0.717) is 5.82 Å². The molecule has 0 fully saturated rings. The van der Waals surface area contributed by atoms with Gasteiger partial charge in [-0.05, 0) is 42.2 Å². The standard InChI is InChI=1S/C16H15ClN4/c17-12-8-5-10(6-9-12)4-7-11-2-1-3-13-14(11)15(18)21-16(19)20-13/h1-3,5-6,8-9H,4,7H2,(H4,18,19,20,21). The van der Waals surface area contributed by atoms with Crippen molar-refractivity contribution in [1.82, 2.24) is 9.97 Å². The predicted octanol–water partition coefficient (Wildman–Crippen LogP) is 3.23. The molecule has 5 heteroatoms.